The van der Waals surface area contributed by atoms with Crippen LogP contribution in [-0.4, -0.2) is 25.1 Å². The SMILES string of the molecule is CC(C)Oc1ccc(C(C)NC(=O)[C@H]2CCCNC2)cc1. The first-order valence-corrected chi connectivity index (χ1v) is 7.84. The highest BCUT2D eigenvalue weighted by atomic mass is 16.5. The summed E-state index contributed by atoms with van der Waals surface area (Å²) < 4.78 is 5.63. The molecule has 21 heavy (non-hydrogen) atoms. The van der Waals surface area contributed by atoms with Crippen LogP contribution < -0.4 is 15.4 Å². The lowest BCUT2D eigenvalue weighted by atomic mass is 9.98. The Morgan fingerprint density at radius 2 is 2.00 bits per heavy atom. The molecule has 2 N–H and O–H groups in total. The van der Waals surface area contributed by atoms with Crippen molar-refractivity contribution >= 4 is 5.91 Å². The van der Waals surface area contributed by atoms with Crippen LogP contribution in [0.4, 0.5) is 0 Å². The second kappa shape index (κ2) is 7.46. The molecule has 1 amide bonds. The molecule has 1 heterocycles. The molecule has 0 aliphatic carbocycles. The van der Waals surface area contributed by atoms with Gasteiger partial charge in [0.2, 0.25) is 5.91 Å². The van der Waals surface area contributed by atoms with Crippen LogP contribution in [0, 0.1) is 5.92 Å². The fourth-order valence-corrected chi connectivity index (χ4v) is 2.60. The van der Waals surface area contributed by atoms with E-state index in [0.717, 1.165) is 37.2 Å². The van der Waals surface area contributed by atoms with E-state index < -0.39 is 0 Å². The Morgan fingerprint density at radius 3 is 2.57 bits per heavy atom. The van der Waals surface area contributed by atoms with Crippen molar-refractivity contribution in [1.29, 1.82) is 0 Å². The third-order valence-corrected chi connectivity index (χ3v) is 3.78. The number of piperidine rings is 1. The Morgan fingerprint density at radius 1 is 1.29 bits per heavy atom. The predicted octanol–water partition coefficient (Wildman–Crippen LogP) is 2.65. The van der Waals surface area contributed by atoms with Crippen molar-refractivity contribution in [3.8, 4) is 5.75 Å². The zero-order chi connectivity index (χ0) is 15.2. The van der Waals surface area contributed by atoms with Crippen LogP contribution in [0.15, 0.2) is 24.3 Å². The number of benzene rings is 1. The highest BCUT2D eigenvalue weighted by molar-refractivity contribution is 5.79. The van der Waals surface area contributed by atoms with Crippen molar-refractivity contribution in [3.05, 3.63) is 29.8 Å². The Kier molecular flexibility index (Phi) is 5.62. The second-order valence-electron chi connectivity index (χ2n) is 6.01. The maximum atomic E-state index is 12.2. The molecular formula is C17H26N2O2. The van der Waals surface area contributed by atoms with Gasteiger partial charge in [0.1, 0.15) is 5.75 Å². The zero-order valence-corrected chi connectivity index (χ0v) is 13.2. The quantitative estimate of drug-likeness (QED) is 0.876. The normalized spacial score (nSPS) is 20.1. The molecule has 1 saturated heterocycles. The fourth-order valence-electron chi connectivity index (χ4n) is 2.60. The van der Waals surface area contributed by atoms with E-state index in [1.807, 2.05) is 45.0 Å². The van der Waals surface area contributed by atoms with Crippen LogP contribution in [0.2, 0.25) is 0 Å². The summed E-state index contributed by atoms with van der Waals surface area (Å²) in [6, 6.07) is 7.97. The third-order valence-electron chi connectivity index (χ3n) is 3.78. The molecule has 1 aromatic rings. The molecule has 2 atom stereocenters. The summed E-state index contributed by atoms with van der Waals surface area (Å²) in [5.41, 5.74) is 1.10. The number of hydrogen-bond donors (Lipinski definition) is 2. The van der Waals surface area contributed by atoms with E-state index >= 15 is 0 Å². The van der Waals surface area contributed by atoms with Gasteiger partial charge in [-0.15, -0.1) is 0 Å². The molecule has 1 aromatic carbocycles. The predicted molar refractivity (Wildman–Crippen MR) is 84.4 cm³/mol. The maximum absolute atomic E-state index is 12.2. The Bertz CT molecular complexity index is 450. The molecule has 116 valence electrons. The van der Waals surface area contributed by atoms with Gasteiger partial charge < -0.3 is 15.4 Å². The molecule has 1 aliphatic heterocycles. The summed E-state index contributed by atoms with van der Waals surface area (Å²) in [6.07, 6.45) is 2.23. The smallest absolute Gasteiger partial charge is 0.224 e. The largest absolute Gasteiger partial charge is 0.491 e. The first-order valence-electron chi connectivity index (χ1n) is 7.84. The topological polar surface area (TPSA) is 50.4 Å². The van der Waals surface area contributed by atoms with Gasteiger partial charge in [0.05, 0.1) is 18.1 Å². The van der Waals surface area contributed by atoms with E-state index in [9.17, 15) is 4.79 Å². The minimum atomic E-state index is 0.0209. The maximum Gasteiger partial charge on any atom is 0.224 e. The summed E-state index contributed by atoms with van der Waals surface area (Å²) in [4.78, 5) is 12.2. The number of nitrogens with one attached hydrogen (secondary N) is 2. The summed E-state index contributed by atoms with van der Waals surface area (Å²) in [5.74, 6) is 1.12. The van der Waals surface area contributed by atoms with Crippen molar-refractivity contribution < 1.29 is 9.53 Å². The van der Waals surface area contributed by atoms with Gasteiger partial charge in [-0.1, -0.05) is 12.1 Å². The molecule has 0 spiro atoms. The lowest BCUT2D eigenvalue weighted by Gasteiger charge is -2.24. The van der Waals surface area contributed by atoms with Crippen LogP contribution in [-0.2, 0) is 4.79 Å². The van der Waals surface area contributed by atoms with Gasteiger partial charge in [-0.2, -0.15) is 0 Å². The van der Waals surface area contributed by atoms with Gasteiger partial charge in [0.25, 0.3) is 0 Å². The summed E-state index contributed by atoms with van der Waals surface area (Å²) in [6.45, 7) is 7.85. The van der Waals surface area contributed by atoms with Crippen molar-refractivity contribution in [2.45, 2.75) is 45.8 Å². The van der Waals surface area contributed by atoms with Crippen LogP contribution in [0.3, 0.4) is 0 Å². The first kappa shape index (κ1) is 15.8. The molecule has 1 aliphatic rings. The standard InChI is InChI=1S/C17H26N2O2/c1-12(2)21-16-8-6-14(7-9-16)13(3)19-17(20)15-5-4-10-18-11-15/h6-9,12-13,15,18H,4-5,10-11H2,1-3H3,(H,19,20)/t13?,15-/m0/s1. The molecule has 0 bridgehead atoms. The van der Waals surface area contributed by atoms with Crippen molar-refractivity contribution in [1.82, 2.24) is 10.6 Å². The molecule has 0 radical (unpaired) electrons. The monoisotopic (exact) mass is 290 g/mol. The molecule has 0 aromatic heterocycles. The summed E-state index contributed by atoms with van der Waals surface area (Å²) >= 11 is 0. The Labute approximate surface area is 127 Å². The fraction of sp³-hybridized carbons (Fsp3) is 0.588. The van der Waals surface area contributed by atoms with E-state index in [4.69, 9.17) is 4.74 Å². The van der Waals surface area contributed by atoms with E-state index in [2.05, 4.69) is 10.6 Å². The minimum absolute atomic E-state index is 0.0209. The number of ether oxygens (including phenoxy) is 1. The highest BCUT2D eigenvalue weighted by Gasteiger charge is 2.22. The zero-order valence-electron chi connectivity index (χ0n) is 13.2. The average molecular weight is 290 g/mol. The van der Waals surface area contributed by atoms with Crippen LogP contribution in [0.1, 0.15) is 45.2 Å². The molecule has 4 heteroatoms. The number of carbonyl (C=O) groups is 1. The lowest BCUT2D eigenvalue weighted by Crippen LogP contribution is -2.41. The van der Waals surface area contributed by atoms with Crippen LogP contribution in [0.25, 0.3) is 0 Å². The molecule has 0 saturated carbocycles. The van der Waals surface area contributed by atoms with Crippen molar-refractivity contribution in [2.24, 2.45) is 5.92 Å². The first-order chi connectivity index (χ1) is 10.1. The number of carbonyl (C=O) groups excluding carboxylic acids is 1. The molecule has 4 nitrogen and oxygen atoms in total. The number of amides is 1. The Balaban J connectivity index is 1.90. The summed E-state index contributed by atoms with van der Waals surface area (Å²) in [7, 11) is 0. The van der Waals surface area contributed by atoms with E-state index in [-0.39, 0.29) is 24.0 Å². The van der Waals surface area contributed by atoms with Gasteiger partial charge in [-0.05, 0) is 57.9 Å². The molecular weight excluding hydrogens is 264 g/mol. The van der Waals surface area contributed by atoms with E-state index in [1.165, 1.54) is 0 Å². The van der Waals surface area contributed by atoms with Gasteiger partial charge >= 0.3 is 0 Å². The number of rotatable bonds is 5. The molecule has 1 unspecified atom stereocenters. The van der Waals surface area contributed by atoms with Gasteiger partial charge in [0, 0.05) is 6.54 Å². The van der Waals surface area contributed by atoms with Crippen molar-refractivity contribution in [2.75, 3.05) is 13.1 Å². The van der Waals surface area contributed by atoms with Gasteiger partial charge in [0.15, 0.2) is 0 Å². The van der Waals surface area contributed by atoms with Gasteiger partial charge in [-0.3, -0.25) is 4.79 Å². The van der Waals surface area contributed by atoms with Gasteiger partial charge in [-0.25, -0.2) is 0 Å². The minimum Gasteiger partial charge on any atom is -0.491 e. The average Bonchev–Trinajstić information content (AvgIpc) is 2.48. The highest BCUT2D eigenvalue weighted by Crippen LogP contribution is 2.19. The van der Waals surface area contributed by atoms with Crippen LogP contribution in [0.5, 0.6) is 5.75 Å². The summed E-state index contributed by atoms with van der Waals surface area (Å²) in [5, 5.41) is 6.38. The van der Waals surface area contributed by atoms with E-state index in [1.54, 1.807) is 0 Å². The molecule has 1 fully saturated rings. The Hall–Kier alpha value is -1.55. The third kappa shape index (κ3) is 4.74. The molecule has 2 rings (SSSR count). The van der Waals surface area contributed by atoms with Crippen molar-refractivity contribution in [3.63, 3.8) is 0 Å². The lowest BCUT2D eigenvalue weighted by molar-refractivity contribution is -0.126. The second-order valence-corrected chi connectivity index (χ2v) is 6.01. The number of hydrogen-bond acceptors (Lipinski definition) is 3. The van der Waals surface area contributed by atoms with Crippen LogP contribution >= 0.6 is 0 Å². The van der Waals surface area contributed by atoms with E-state index in [0.29, 0.717) is 0 Å².